The van der Waals surface area contributed by atoms with E-state index in [4.69, 9.17) is 24.7 Å². The fourth-order valence-electron chi connectivity index (χ4n) is 3.09. The maximum atomic E-state index is 12.5. The Labute approximate surface area is 220 Å². The van der Waals surface area contributed by atoms with Gasteiger partial charge < -0.3 is 24.7 Å². The highest BCUT2D eigenvalue weighted by Gasteiger charge is 2.24. The first kappa shape index (κ1) is 32.1. The van der Waals surface area contributed by atoms with E-state index in [1.165, 1.54) is 6.07 Å². The molecule has 37 heavy (non-hydrogen) atoms. The Morgan fingerprint density at radius 3 is 1.78 bits per heavy atom. The summed E-state index contributed by atoms with van der Waals surface area (Å²) in [7, 11) is 0. The minimum Gasteiger partial charge on any atom is -0.459 e. The average Bonchev–Trinajstić information content (AvgIpc) is 2.82. The molecule has 0 aliphatic heterocycles. The van der Waals surface area contributed by atoms with Crippen molar-refractivity contribution in [3.05, 3.63) is 23.8 Å². The van der Waals surface area contributed by atoms with Crippen molar-refractivity contribution in [3.63, 3.8) is 0 Å². The van der Waals surface area contributed by atoms with E-state index in [0.717, 1.165) is 0 Å². The van der Waals surface area contributed by atoms with E-state index in [0.29, 0.717) is 30.2 Å². The van der Waals surface area contributed by atoms with Gasteiger partial charge in [0, 0.05) is 19.3 Å². The Bertz CT molecular complexity index is 911. The second-order valence-corrected chi connectivity index (χ2v) is 10.1. The molecule has 0 amide bonds. The molecule has 0 bridgehead atoms. The first-order chi connectivity index (χ1) is 17.3. The van der Waals surface area contributed by atoms with Gasteiger partial charge in [-0.25, -0.2) is 0 Å². The zero-order chi connectivity index (χ0) is 28.1. The minimum absolute atomic E-state index is 0.0901. The molecular formula is C28H43NO8. The molecule has 9 heteroatoms. The van der Waals surface area contributed by atoms with Crippen LogP contribution in [0.1, 0.15) is 86.1 Å². The van der Waals surface area contributed by atoms with Gasteiger partial charge in [0.15, 0.2) is 11.5 Å². The van der Waals surface area contributed by atoms with Crippen LogP contribution in [0.2, 0.25) is 0 Å². The molecule has 0 fully saturated rings. The summed E-state index contributed by atoms with van der Waals surface area (Å²) in [5, 5.41) is 0. The van der Waals surface area contributed by atoms with Gasteiger partial charge in [0.2, 0.25) is 0 Å². The van der Waals surface area contributed by atoms with Gasteiger partial charge in [0.05, 0.1) is 0 Å². The van der Waals surface area contributed by atoms with Gasteiger partial charge in [0.25, 0.3) is 0 Å². The smallest absolute Gasteiger partial charge is 0.323 e. The van der Waals surface area contributed by atoms with E-state index in [2.05, 4.69) is 0 Å². The summed E-state index contributed by atoms with van der Waals surface area (Å²) in [6.45, 7) is 13.0. The second-order valence-electron chi connectivity index (χ2n) is 10.1. The maximum Gasteiger partial charge on any atom is 0.323 e. The first-order valence-corrected chi connectivity index (χ1v) is 13.0. The van der Waals surface area contributed by atoms with Crippen molar-refractivity contribution in [1.29, 1.82) is 0 Å². The van der Waals surface area contributed by atoms with E-state index < -0.39 is 36.2 Å². The molecule has 0 radical (unpaired) electrons. The molecule has 3 atom stereocenters. The summed E-state index contributed by atoms with van der Waals surface area (Å²) in [5.74, 6) is -1.02. The monoisotopic (exact) mass is 521 g/mol. The van der Waals surface area contributed by atoms with Crippen molar-refractivity contribution >= 4 is 23.9 Å². The van der Waals surface area contributed by atoms with Crippen LogP contribution < -0.4 is 15.2 Å². The van der Waals surface area contributed by atoms with Gasteiger partial charge in [-0.15, -0.1) is 0 Å². The summed E-state index contributed by atoms with van der Waals surface area (Å²) < 4.78 is 21.5. The molecule has 9 nitrogen and oxygen atoms in total. The lowest BCUT2D eigenvalue weighted by molar-refractivity contribution is -0.166. The van der Waals surface area contributed by atoms with Crippen LogP contribution in [0.3, 0.4) is 0 Å². The highest BCUT2D eigenvalue weighted by molar-refractivity contribution is 5.77. The Morgan fingerprint density at radius 1 is 0.757 bits per heavy atom. The Morgan fingerprint density at radius 2 is 1.27 bits per heavy atom. The fraction of sp³-hybridized carbons (Fsp3) is 0.643. The van der Waals surface area contributed by atoms with E-state index in [9.17, 15) is 19.2 Å². The molecule has 2 N–H and O–H groups in total. The van der Waals surface area contributed by atoms with Crippen molar-refractivity contribution in [2.24, 2.45) is 17.6 Å². The lowest BCUT2D eigenvalue weighted by Gasteiger charge is -2.22. The summed E-state index contributed by atoms with van der Waals surface area (Å²) >= 11 is 0. The zero-order valence-electron chi connectivity index (χ0n) is 23.2. The summed E-state index contributed by atoms with van der Waals surface area (Å²) in [4.78, 5) is 48.7. The van der Waals surface area contributed by atoms with Gasteiger partial charge in [0.1, 0.15) is 18.2 Å². The van der Waals surface area contributed by atoms with Crippen molar-refractivity contribution in [3.8, 4) is 11.5 Å². The van der Waals surface area contributed by atoms with E-state index in [1.54, 1.807) is 32.9 Å². The topological polar surface area (TPSA) is 131 Å². The number of rotatable bonds is 15. The third kappa shape index (κ3) is 12.7. The first-order valence-electron chi connectivity index (χ1n) is 13.0. The number of esters is 4. The molecule has 0 aliphatic rings. The zero-order valence-corrected chi connectivity index (χ0v) is 23.2. The molecule has 0 saturated carbocycles. The van der Waals surface area contributed by atoms with Gasteiger partial charge in [-0.1, -0.05) is 40.7 Å². The normalized spacial score (nSPS) is 13.6. The largest absolute Gasteiger partial charge is 0.459 e. The van der Waals surface area contributed by atoms with Crippen LogP contribution >= 0.6 is 0 Å². The molecule has 0 heterocycles. The van der Waals surface area contributed by atoms with Crippen molar-refractivity contribution in [1.82, 2.24) is 0 Å². The van der Waals surface area contributed by atoms with E-state index in [1.807, 2.05) is 27.7 Å². The molecule has 0 saturated heterocycles. The lowest BCUT2D eigenvalue weighted by atomic mass is 10.1. The molecule has 0 unspecified atom stereocenters. The molecule has 0 aromatic heterocycles. The summed E-state index contributed by atoms with van der Waals surface area (Å²) in [5.41, 5.74) is 6.66. The Hall–Kier alpha value is -2.94. The van der Waals surface area contributed by atoms with Gasteiger partial charge >= 0.3 is 23.9 Å². The van der Waals surface area contributed by atoms with Crippen LogP contribution in [-0.2, 0) is 35.1 Å². The third-order valence-electron chi connectivity index (χ3n) is 5.63. The predicted octanol–water partition coefficient (Wildman–Crippen LogP) is 4.51. The quantitative estimate of drug-likeness (QED) is 0.261. The van der Waals surface area contributed by atoms with Crippen LogP contribution in [-0.4, -0.2) is 42.1 Å². The van der Waals surface area contributed by atoms with Crippen molar-refractivity contribution in [2.75, 3.05) is 0 Å². The van der Waals surface area contributed by atoms with Crippen LogP contribution in [0.4, 0.5) is 0 Å². The number of carbonyl (C=O) groups excluding carboxylic acids is 4. The molecular weight excluding hydrogens is 478 g/mol. The Balaban J connectivity index is 2.95. The fourth-order valence-corrected chi connectivity index (χ4v) is 3.09. The van der Waals surface area contributed by atoms with Crippen LogP contribution in [0.25, 0.3) is 0 Å². The number of carbonyl (C=O) groups is 4. The highest BCUT2D eigenvalue weighted by atomic mass is 16.6. The number of hydrogen-bond donors (Lipinski definition) is 1. The molecule has 0 spiro atoms. The molecule has 1 aromatic rings. The van der Waals surface area contributed by atoms with Crippen LogP contribution in [0.15, 0.2) is 18.2 Å². The lowest BCUT2D eigenvalue weighted by Crippen LogP contribution is -2.39. The molecule has 1 rings (SSSR count). The van der Waals surface area contributed by atoms with E-state index in [-0.39, 0.29) is 43.2 Å². The molecule has 1 aromatic carbocycles. The molecule has 208 valence electrons. The maximum absolute atomic E-state index is 12.5. The second kappa shape index (κ2) is 16.0. The van der Waals surface area contributed by atoms with E-state index >= 15 is 0 Å². The number of ether oxygens (including phenoxy) is 4. The van der Waals surface area contributed by atoms with Crippen LogP contribution in [0, 0.1) is 11.8 Å². The Kier molecular flexibility index (Phi) is 13.9. The summed E-state index contributed by atoms with van der Waals surface area (Å²) in [6.07, 6.45) is 0.790. The minimum atomic E-state index is -1.01. The number of hydrogen-bond acceptors (Lipinski definition) is 9. The van der Waals surface area contributed by atoms with Gasteiger partial charge in [-0.2, -0.15) is 0 Å². The number of benzene rings is 1. The number of nitrogens with two attached hydrogens (primary N) is 1. The SMILES string of the molecule is CCC(=O)O[C@@H](C)[C@H](C)OC(=O)[C@@H](N)Cc1ccc(OC(=O)CCC(C)C)c(OC(=O)CCC(C)C)c1. The standard InChI is InChI=1S/C28H43NO8/c1-8-25(30)34-19(6)20(7)35-28(33)22(29)15-21-11-12-23(36-26(31)13-9-17(2)3)24(16-21)37-27(32)14-10-18(4)5/h11-12,16-20,22H,8-10,13-15,29H2,1-7H3/t19-,20-,22-/m0/s1. The summed E-state index contributed by atoms with van der Waals surface area (Å²) in [6, 6.07) is 3.71. The van der Waals surface area contributed by atoms with Gasteiger partial charge in [-0.05, 0) is 62.6 Å². The molecule has 0 aliphatic carbocycles. The van der Waals surface area contributed by atoms with Crippen LogP contribution in [0.5, 0.6) is 11.5 Å². The predicted molar refractivity (Wildman–Crippen MR) is 139 cm³/mol. The third-order valence-corrected chi connectivity index (χ3v) is 5.63. The van der Waals surface area contributed by atoms with Crippen molar-refractivity contribution in [2.45, 2.75) is 105 Å². The average molecular weight is 522 g/mol. The van der Waals surface area contributed by atoms with Gasteiger partial charge in [-0.3, -0.25) is 19.2 Å². The highest BCUT2D eigenvalue weighted by Crippen LogP contribution is 2.30. The van der Waals surface area contributed by atoms with Crippen molar-refractivity contribution < 1.29 is 38.1 Å².